The number of thiazole rings is 1. The van der Waals surface area contributed by atoms with Crippen LogP contribution in [0.3, 0.4) is 0 Å². The van der Waals surface area contributed by atoms with Gasteiger partial charge in [-0.3, -0.25) is 0 Å². The summed E-state index contributed by atoms with van der Waals surface area (Å²) in [6.07, 6.45) is 5.08. The van der Waals surface area contributed by atoms with Crippen molar-refractivity contribution in [1.29, 1.82) is 0 Å². The number of hydrogen-bond acceptors (Lipinski definition) is 3. The molecule has 2 aromatic rings. The molecule has 1 aromatic carbocycles. The van der Waals surface area contributed by atoms with Gasteiger partial charge in [0.25, 0.3) is 0 Å². The molecule has 19 heavy (non-hydrogen) atoms. The summed E-state index contributed by atoms with van der Waals surface area (Å²) >= 11 is 1.82. The lowest BCUT2D eigenvalue weighted by Gasteiger charge is -2.27. The minimum Gasteiger partial charge on any atom is -0.330 e. The average Bonchev–Trinajstić information content (AvgIpc) is 3.05. The first kappa shape index (κ1) is 13.1. The van der Waals surface area contributed by atoms with E-state index < -0.39 is 0 Å². The van der Waals surface area contributed by atoms with Crippen molar-refractivity contribution in [2.24, 2.45) is 5.73 Å². The molecule has 0 aliphatic heterocycles. The average molecular weight is 274 g/mol. The Labute approximate surface area is 119 Å². The Morgan fingerprint density at radius 3 is 2.68 bits per heavy atom. The summed E-state index contributed by atoms with van der Waals surface area (Å²) in [4.78, 5) is 4.79. The van der Waals surface area contributed by atoms with Crippen LogP contribution in [0.1, 0.15) is 56.0 Å². The van der Waals surface area contributed by atoms with Crippen LogP contribution in [0.4, 0.5) is 0 Å². The maximum Gasteiger partial charge on any atom is 0.0963 e. The smallest absolute Gasteiger partial charge is 0.0963 e. The molecule has 3 heteroatoms. The zero-order valence-corrected chi connectivity index (χ0v) is 12.6. The van der Waals surface area contributed by atoms with E-state index >= 15 is 0 Å². The Morgan fingerprint density at radius 2 is 2.05 bits per heavy atom. The van der Waals surface area contributed by atoms with Crippen molar-refractivity contribution in [3.8, 4) is 0 Å². The number of nitrogens with two attached hydrogens (primary N) is 1. The topological polar surface area (TPSA) is 38.9 Å². The molecule has 0 saturated heterocycles. The van der Waals surface area contributed by atoms with Crippen LogP contribution in [0.25, 0.3) is 10.2 Å². The van der Waals surface area contributed by atoms with Gasteiger partial charge < -0.3 is 5.73 Å². The van der Waals surface area contributed by atoms with Gasteiger partial charge >= 0.3 is 0 Å². The van der Waals surface area contributed by atoms with Gasteiger partial charge in [0.05, 0.1) is 15.2 Å². The van der Waals surface area contributed by atoms with Crippen molar-refractivity contribution in [1.82, 2.24) is 4.98 Å². The molecule has 0 radical (unpaired) electrons. The monoisotopic (exact) mass is 274 g/mol. The van der Waals surface area contributed by atoms with Crippen LogP contribution in [0, 0.1) is 0 Å². The van der Waals surface area contributed by atoms with Gasteiger partial charge in [-0.05, 0) is 30.5 Å². The highest BCUT2D eigenvalue weighted by molar-refractivity contribution is 7.18. The van der Waals surface area contributed by atoms with Crippen molar-refractivity contribution in [3.63, 3.8) is 0 Å². The second-order valence-corrected chi connectivity index (χ2v) is 7.14. The zero-order chi connectivity index (χ0) is 13.5. The van der Waals surface area contributed by atoms with Crippen LogP contribution in [-0.2, 0) is 5.41 Å². The van der Waals surface area contributed by atoms with E-state index in [-0.39, 0.29) is 5.41 Å². The van der Waals surface area contributed by atoms with E-state index in [1.807, 2.05) is 11.3 Å². The molecule has 0 bridgehead atoms. The van der Waals surface area contributed by atoms with Gasteiger partial charge in [-0.1, -0.05) is 32.8 Å². The summed E-state index contributed by atoms with van der Waals surface area (Å²) in [5.41, 5.74) is 8.86. The number of aromatic nitrogens is 1. The predicted molar refractivity (Wildman–Crippen MR) is 82.9 cm³/mol. The number of fused-ring (bicyclic) bond motifs is 1. The van der Waals surface area contributed by atoms with E-state index in [4.69, 9.17) is 10.7 Å². The Balaban J connectivity index is 2.05. The first-order chi connectivity index (χ1) is 9.14. The summed E-state index contributed by atoms with van der Waals surface area (Å²) < 4.78 is 1.30. The van der Waals surface area contributed by atoms with Gasteiger partial charge in [0.2, 0.25) is 0 Å². The quantitative estimate of drug-likeness (QED) is 0.911. The lowest BCUT2D eigenvalue weighted by molar-refractivity contribution is 0.453. The van der Waals surface area contributed by atoms with Crippen molar-refractivity contribution in [3.05, 3.63) is 28.8 Å². The molecule has 102 valence electrons. The second-order valence-electron chi connectivity index (χ2n) is 6.08. The largest absolute Gasteiger partial charge is 0.330 e. The molecule has 2 nitrogen and oxygen atoms in total. The minimum atomic E-state index is 0.218. The van der Waals surface area contributed by atoms with E-state index in [1.165, 1.54) is 41.0 Å². The SMILES string of the molecule is CC(C)c1nc2cc(C3(CN)CCCC3)ccc2s1. The number of benzene rings is 1. The third-order valence-electron chi connectivity index (χ3n) is 4.46. The Morgan fingerprint density at radius 1 is 1.32 bits per heavy atom. The van der Waals surface area contributed by atoms with Gasteiger partial charge in [-0.15, -0.1) is 11.3 Å². The van der Waals surface area contributed by atoms with Crippen molar-refractivity contribution >= 4 is 21.6 Å². The highest BCUT2D eigenvalue weighted by atomic mass is 32.1. The van der Waals surface area contributed by atoms with E-state index in [0.29, 0.717) is 5.92 Å². The highest BCUT2D eigenvalue weighted by Gasteiger charge is 2.34. The summed E-state index contributed by atoms with van der Waals surface area (Å²) in [6, 6.07) is 6.81. The van der Waals surface area contributed by atoms with E-state index in [1.54, 1.807) is 0 Å². The van der Waals surface area contributed by atoms with Gasteiger partial charge in [-0.2, -0.15) is 0 Å². The standard InChI is InChI=1S/C16H22N2S/c1-11(2)15-18-13-9-12(5-6-14(13)19-15)16(10-17)7-3-4-8-16/h5-6,9,11H,3-4,7-8,10,17H2,1-2H3. The van der Waals surface area contributed by atoms with Gasteiger partial charge in [0.15, 0.2) is 0 Å². The fourth-order valence-corrected chi connectivity index (χ4v) is 4.13. The van der Waals surface area contributed by atoms with Crippen LogP contribution < -0.4 is 5.73 Å². The molecule has 1 aromatic heterocycles. The van der Waals surface area contributed by atoms with Crippen LogP contribution in [0.5, 0.6) is 0 Å². The highest BCUT2D eigenvalue weighted by Crippen LogP contribution is 2.41. The molecule has 1 saturated carbocycles. The summed E-state index contributed by atoms with van der Waals surface area (Å²) in [5, 5.41) is 1.24. The molecule has 1 aliphatic rings. The van der Waals surface area contributed by atoms with E-state index in [2.05, 4.69) is 32.0 Å². The lowest BCUT2D eigenvalue weighted by atomic mass is 9.79. The van der Waals surface area contributed by atoms with Crippen LogP contribution in [-0.4, -0.2) is 11.5 Å². The first-order valence-corrected chi connectivity index (χ1v) is 8.07. The van der Waals surface area contributed by atoms with Gasteiger partial charge in [0.1, 0.15) is 0 Å². The summed E-state index contributed by atoms with van der Waals surface area (Å²) in [6.45, 7) is 5.17. The lowest BCUT2D eigenvalue weighted by Crippen LogP contribution is -2.31. The van der Waals surface area contributed by atoms with Crippen molar-refractivity contribution < 1.29 is 0 Å². The van der Waals surface area contributed by atoms with E-state index in [0.717, 1.165) is 12.1 Å². The van der Waals surface area contributed by atoms with Crippen LogP contribution >= 0.6 is 11.3 Å². The molecular formula is C16H22N2S. The Bertz CT molecular complexity index is 579. The first-order valence-electron chi connectivity index (χ1n) is 7.26. The fourth-order valence-electron chi connectivity index (χ4n) is 3.18. The zero-order valence-electron chi connectivity index (χ0n) is 11.8. The van der Waals surface area contributed by atoms with Crippen molar-refractivity contribution in [2.45, 2.75) is 50.9 Å². The maximum absolute atomic E-state index is 6.08. The molecule has 1 aliphatic carbocycles. The summed E-state index contributed by atoms with van der Waals surface area (Å²) in [7, 11) is 0. The fraction of sp³-hybridized carbons (Fsp3) is 0.562. The number of rotatable bonds is 3. The third-order valence-corrected chi connectivity index (χ3v) is 5.80. The van der Waals surface area contributed by atoms with Crippen LogP contribution in [0.15, 0.2) is 18.2 Å². The van der Waals surface area contributed by atoms with E-state index in [9.17, 15) is 0 Å². The maximum atomic E-state index is 6.08. The van der Waals surface area contributed by atoms with Gasteiger partial charge in [-0.25, -0.2) is 4.98 Å². The molecule has 0 atom stereocenters. The molecule has 0 spiro atoms. The molecule has 0 amide bonds. The molecule has 1 heterocycles. The third kappa shape index (κ3) is 2.19. The number of hydrogen-bond donors (Lipinski definition) is 1. The van der Waals surface area contributed by atoms with Crippen LogP contribution in [0.2, 0.25) is 0 Å². The Kier molecular flexibility index (Phi) is 3.35. The minimum absolute atomic E-state index is 0.218. The predicted octanol–water partition coefficient (Wildman–Crippen LogP) is 4.19. The molecule has 3 rings (SSSR count). The van der Waals surface area contributed by atoms with Gasteiger partial charge in [0, 0.05) is 17.9 Å². The molecule has 2 N–H and O–H groups in total. The number of nitrogens with zero attached hydrogens (tertiary/aromatic N) is 1. The Hall–Kier alpha value is -0.930. The summed E-state index contributed by atoms with van der Waals surface area (Å²) in [5.74, 6) is 0.510. The van der Waals surface area contributed by atoms with Crippen molar-refractivity contribution in [2.75, 3.05) is 6.54 Å². The molecule has 0 unspecified atom stereocenters. The molecular weight excluding hydrogens is 252 g/mol. The molecule has 1 fully saturated rings. The second kappa shape index (κ2) is 4.88. The normalized spacial score (nSPS) is 18.5.